The van der Waals surface area contributed by atoms with E-state index in [0.717, 1.165) is 6.07 Å². The molecule has 138 valence electrons. The lowest BCUT2D eigenvalue weighted by atomic mass is 10.0. The van der Waals surface area contributed by atoms with E-state index >= 15 is 0 Å². The fraction of sp³-hybridized carbons (Fsp3) is 0.250. The zero-order valence-electron chi connectivity index (χ0n) is 13.2. The molecule has 3 N–H and O–H groups in total. The Morgan fingerprint density at radius 2 is 2.00 bits per heavy atom. The van der Waals surface area contributed by atoms with Crippen LogP contribution < -0.4 is 10.5 Å². The highest BCUT2D eigenvalue weighted by molar-refractivity contribution is 7.89. The summed E-state index contributed by atoms with van der Waals surface area (Å²) in [4.78, 5) is 16.1. The van der Waals surface area contributed by atoms with E-state index in [1.807, 2.05) is 0 Å². The van der Waals surface area contributed by atoms with E-state index < -0.39 is 28.0 Å². The van der Waals surface area contributed by atoms with Crippen LogP contribution >= 0.6 is 0 Å². The molecule has 0 saturated heterocycles. The Kier molecular flexibility index (Phi) is 4.49. The molecular formula is C16H14F3N3O3S. The number of halogens is 3. The summed E-state index contributed by atoms with van der Waals surface area (Å²) in [6.07, 6.45) is -3.08. The van der Waals surface area contributed by atoms with Gasteiger partial charge in [0.1, 0.15) is 0 Å². The number of sulfonamides is 1. The third-order valence-electron chi connectivity index (χ3n) is 4.13. The Morgan fingerprint density at radius 3 is 2.65 bits per heavy atom. The molecule has 1 aliphatic rings. The number of anilines is 1. The van der Waals surface area contributed by atoms with Crippen LogP contribution in [0.5, 0.6) is 0 Å². The molecule has 3 rings (SSSR count). The molecule has 1 heterocycles. The number of aromatic nitrogens is 1. The first kappa shape index (κ1) is 18.3. The number of carbonyl (C=O) groups is 1. The van der Waals surface area contributed by atoms with Gasteiger partial charge in [0.25, 0.3) is 5.91 Å². The van der Waals surface area contributed by atoms with Gasteiger partial charge in [0.15, 0.2) is 0 Å². The van der Waals surface area contributed by atoms with Crippen molar-refractivity contribution in [2.75, 3.05) is 5.32 Å². The van der Waals surface area contributed by atoms with Gasteiger partial charge in [-0.3, -0.25) is 9.78 Å². The lowest BCUT2D eigenvalue weighted by Crippen LogP contribution is -2.19. The molecule has 0 fully saturated rings. The fourth-order valence-corrected chi connectivity index (χ4v) is 3.43. The summed E-state index contributed by atoms with van der Waals surface area (Å²) in [6, 6.07) is 6.43. The second-order valence-corrected chi connectivity index (χ2v) is 7.48. The van der Waals surface area contributed by atoms with Gasteiger partial charge >= 0.3 is 6.18 Å². The Labute approximate surface area is 147 Å². The van der Waals surface area contributed by atoms with Crippen molar-refractivity contribution in [2.24, 2.45) is 5.14 Å². The van der Waals surface area contributed by atoms with E-state index in [4.69, 9.17) is 5.14 Å². The Morgan fingerprint density at radius 1 is 1.27 bits per heavy atom. The number of aryl methyl sites for hydroxylation is 1. The Hall–Kier alpha value is -2.46. The summed E-state index contributed by atoms with van der Waals surface area (Å²) < 4.78 is 61.9. The van der Waals surface area contributed by atoms with E-state index in [0.29, 0.717) is 5.69 Å². The number of primary sulfonamides is 1. The number of fused-ring (bicyclic) bond motifs is 1. The minimum absolute atomic E-state index is 0.00318. The third kappa shape index (κ3) is 3.70. The van der Waals surface area contributed by atoms with Crippen molar-refractivity contribution in [1.29, 1.82) is 0 Å². The highest BCUT2D eigenvalue weighted by Gasteiger charge is 2.44. The number of amides is 1. The van der Waals surface area contributed by atoms with Crippen molar-refractivity contribution in [3.05, 3.63) is 53.3 Å². The standard InChI is InChI=1S/C16H14F3N3O3S/c17-16(18,19)13-4-5-14-12(13)6-9(8-21-14)15(23)22-10-2-1-3-11(7-10)26(20,24)25/h1-3,6-8,13H,4-5H2,(H,22,23)(H2,20,24,25). The van der Waals surface area contributed by atoms with Crippen molar-refractivity contribution in [2.45, 2.75) is 29.8 Å². The number of nitrogens with zero attached hydrogens (tertiary/aromatic N) is 1. The first-order valence-electron chi connectivity index (χ1n) is 7.55. The maximum atomic E-state index is 13.1. The van der Waals surface area contributed by atoms with E-state index in [1.54, 1.807) is 0 Å². The number of nitrogens with one attached hydrogen (secondary N) is 1. The molecule has 1 atom stereocenters. The van der Waals surface area contributed by atoms with Gasteiger partial charge in [-0.25, -0.2) is 13.6 Å². The van der Waals surface area contributed by atoms with Gasteiger partial charge in [-0.1, -0.05) is 6.07 Å². The van der Waals surface area contributed by atoms with E-state index in [9.17, 15) is 26.4 Å². The number of alkyl halides is 3. The molecule has 26 heavy (non-hydrogen) atoms. The first-order valence-corrected chi connectivity index (χ1v) is 9.10. The molecule has 1 amide bonds. The van der Waals surface area contributed by atoms with Crippen molar-refractivity contribution < 1.29 is 26.4 Å². The van der Waals surface area contributed by atoms with Crippen LogP contribution in [-0.2, 0) is 16.4 Å². The van der Waals surface area contributed by atoms with E-state index in [-0.39, 0.29) is 34.6 Å². The average molecular weight is 385 g/mol. The van der Waals surface area contributed by atoms with Gasteiger partial charge in [0, 0.05) is 17.6 Å². The largest absolute Gasteiger partial charge is 0.395 e. The van der Waals surface area contributed by atoms with Crippen molar-refractivity contribution >= 4 is 21.6 Å². The predicted molar refractivity (Wildman–Crippen MR) is 87.1 cm³/mol. The summed E-state index contributed by atoms with van der Waals surface area (Å²) in [7, 11) is -3.95. The van der Waals surface area contributed by atoms with Crippen LogP contribution in [0.15, 0.2) is 41.4 Å². The average Bonchev–Trinajstić information content (AvgIpc) is 2.97. The maximum absolute atomic E-state index is 13.1. The van der Waals surface area contributed by atoms with Crippen molar-refractivity contribution in [3.63, 3.8) is 0 Å². The maximum Gasteiger partial charge on any atom is 0.395 e. The molecule has 0 spiro atoms. The number of rotatable bonds is 3. The minimum atomic E-state index is -4.40. The van der Waals surface area contributed by atoms with Crippen LogP contribution in [0.25, 0.3) is 0 Å². The highest BCUT2D eigenvalue weighted by Crippen LogP contribution is 2.43. The fourth-order valence-electron chi connectivity index (χ4n) is 2.88. The molecule has 1 aromatic heterocycles. The van der Waals surface area contributed by atoms with Gasteiger partial charge in [-0.15, -0.1) is 0 Å². The van der Waals surface area contributed by atoms with Gasteiger partial charge in [0.05, 0.1) is 16.4 Å². The first-order chi connectivity index (χ1) is 12.1. The topological polar surface area (TPSA) is 102 Å². The van der Waals surface area contributed by atoms with Crippen LogP contribution in [0.3, 0.4) is 0 Å². The molecule has 0 bridgehead atoms. The zero-order valence-corrected chi connectivity index (χ0v) is 14.1. The normalized spacial score (nSPS) is 17.0. The quantitative estimate of drug-likeness (QED) is 0.848. The summed E-state index contributed by atoms with van der Waals surface area (Å²) in [5.74, 6) is -2.33. The number of nitrogens with two attached hydrogens (primary N) is 1. The summed E-state index contributed by atoms with van der Waals surface area (Å²) in [6.45, 7) is 0. The molecule has 6 nitrogen and oxygen atoms in total. The van der Waals surface area contributed by atoms with E-state index in [1.165, 1.54) is 30.5 Å². The van der Waals surface area contributed by atoms with Crippen molar-refractivity contribution in [3.8, 4) is 0 Å². The molecule has 10 heteroatoms. The lowest BCUT2D eigenvalue weighted by Gasteiger charge is -2.16. The summed E-state index contributed by atoms with van der Waals surface area (Å²) in [5, 5.41) is 7.46. The van der Waals surface area contributed by atoms with Gasteiger partial charge in [-0.2, -0.15) is 13.2 Å². The number of pyridine rings is 1. The molecule has 1 aliphatic carbocycles. The monoisotopic (exact) mass is 385 g/mol. The lowest BCUT2D eigenvalue weighted by molar-refractivity contribution is -0.149. The van der Waals surface area contributed by atoms with Crippen LogP contribution in [0, 0.1) is 0 Å². The van der Waals surface area contributed by atoms with Crippen LogP contribution in [0.1, 0.15) is 34.0 Å². The smallest absolute Gasteiger partial charge is 0.322 e. The number of hydrogen-bond acceptors (Lipinski definition) is 4. The second-order valence-electron chi connectivity index (χ2n) is 5.92. The van der Waals surface area contributed by atoms with Crippen LogP contribution in [0.4, 0.5) is 18.9 Å². The Balaban J connectivity index is 1.86. The number of benzene rings is 1. The zero-order chi connectivity index (χ0) is 19.1. The highest BCUT2D eigenvalue weighted by atomic mass is 32.2. The molecule has 2 aromatic rings. The van der Waals surface area contributed by atoms with Gasteiger partial charge in [0.2, 0.25) is 10.0 Å². The van der Waals surface area contributed by atoms with Crippen LogP contribution in [-0.4, -0.2) is 25.5 Å². The van der Waals surface area contributed by atoms with Gasteiger partial charge < -0.3 is 5.32 Å². The number of carbonyl (C=O) groups excluding carboxylic acids is 1. The SMILES string of the molecule is NS(=O)(=O)c1cccc(NC(=O)c2cnc3c(c2)C(C(F)(F)F)CC3)c1. The number of hydrogen-bond donors (Lipinski definition) is 2. The minimum Gasteiger partial charge on any atom is -0.322 e. The predicted octanol–water partition coefficient (Wildman–Crippen LogP) is 2.57. The summed E-state index contributed by atoms with van der Waals surface area (Å²) >= 11 is 0. The van der Waals surface area contributed by atoms with Gasteiger partial charge in [-0.05, 0) is 42.7 Å². The summed E-state index contributed by atoms with van der Waals surface area (Å²) in [5.41, 5.74) is 0.443. The molecule has 1 unspecified atom stereocenters. The Bertz CT molecular complexity index is 974. The molecule has 0 aliphatic heterocycles. The van der Waals surface area contributed by atoms with Crippen LogP contribution in [0.2, 0.25) is 0 Å². The third-order valence-corrected chi connectivity index (χ3v) is 5.04. The van der Waals surface area contributed by atoms with E-state index in [2.05, 4.69) is 10.3 Å². The molecule has 0 saturated carbocycles. The second kappa shape index (κ2) is 6.36. The molecular weight excluding hydrogens is 371 g/mol. The van der Waals surface area contributed by atoms with Crippen molar-refractivity contribution in [1.82, 2.24) is 4.98 Å². The molecule has 1 aromatic carbocycles. The molecule has 0 radical (unpaired) electrons.